The summed E-state index contributed by atoms with van der Waals surface area (Å²) in [5, 5.41) is 6.32. The minimum absolute atomic E-state index is 0.709. The lowest BCUT2D eigenvalue weighted by Gasteiger charge is -2.17. The lowest BCUT2D eigenvalue weighted by atomic mass is 10.3. The predicted molar refractivity (Wildman–Crippen MR) is 55.0 cm³/mol. The molecule has 0 spiro atoms. The highest BCUT2D eigenvalue weighted by atomic mass is 16.3. The third-order valence-electron chi connectivity index (χ3n) is 2.01. The molecule has 2 rings (SSSR count). The number of aliphatic imine (C=N–C) groups is 1. The third-order valence-corrected chi connectivity index (χ3v) is 2.01. The van der Waals surface area contributed by atoms with Crippen LogP contribution < -0.4 is 10.6 Å². The molecule has 2 heterocycles. The van der Waals surface area contributed by atoms with Gasteiger partial charge in [-0.15, -0.1) is 0 Å². The molecule has 0 atom stereocenters. The van der Waals surface area contributed by atoms with Crippen molar-refractivity contribution in [1.29, 1.82) is 0 Å². The molecule has 0 amide bonds. The van der Waals surface area contributed by atoms with Crippen LogP contribution in [0.1, 0.15) is 5.56 Å². The summed E-state index contributed by atoms with van der Waals surface area (Å²) in [6, 6.07) is 1.93. The predicted octanol–water partition coefficient (Wildman–Crippen LogP) is 0.885. The quantitative estimate of drug-likeness (QED) is 0.682. The summed E-state index contributed by atoms with van der Waals surface area (Å²) in [5.74, 6) is 0.832. The maximum absolute atomic E-state index is 4.96. The van der Waals surface area contributed by atoms with E-state index in [4.69, 9.17) is 4.42 Å². The van der Waals surface area contributed by atoms with Crippen LogP contribution in [0, 0.1) is 0 Å². The average molecular weight is 191 g/mol. The van der Waals surface area contributed by atoms with Gasteiger partial charge in [-0.3, -0.25) is 0 Å². The van der Waals surface area contributed by atoms with Gasteiger partial charge in [0.15, 0.2) is 5.96 Å². The zero-order valence-corrected chi connectivity index (χ0v) is 7.92. The highest BCUT2D eigenvalue weighted by molar-refractivity contribution is 5.81. The molecule has 0 unspecified atom stereocenters. The number of furan rings is 1. The molecular formula is C10H13N3O. The zero-order valence-electron chi connectivity index (χ0n) is 7.92. The number of hydrogen-bond acceptors (Lipinski definition) is 4. The molecule has 1 aliphatic rings. The van der Waals surface area contributed by atoms with E-state index < -0.39 is 0 Å². The summed E-state index contributed by atoms with van der Waals surface area (Å²) in [5.41, 5.74) is 2.22. The molecule has 1 aromatic rings. The van der Waals surface area contributed by atoms with E-state index in [9.17, 15) is 0 Å². The van der Waals surface area contributed by atoms with Crippen LogP contribution in [-0.4, -0.2) is 19.0 Å². The zero-order chi connectivity index (χ0) is 9.80. The summed E-state index contributed by atoms with van der Waals surface area (Å²) in [6.07, 6.45) is 3.38. The van der Waals surface area contributed by atoms with Crippen molar-refractivity contribution in [2.45, 2.75) is 6.54 Å². The van der Waals surface area contributed by atoms with Gasteiger partial charge in [0.25, 0.3) is 0 Å². The van der Waals surface area contributed by atoms with E-state index in [0.717, 1.165) is 30.2 Å². The molecule has 1 aliphatic heterocycles. The van der Waals surface area contributed by atoms with Crippen LogP contribution >= 0.6 is 0 Å². The number of guanidine groups is 1. The Kier molecular flexibility index (Phi) is 2.53. The number of nitrogens with one attached hydrogen (secondary N) is 2. The van der Waals surface area contributed by atoms with Crippen LogP contribution in [0.3, 0.4) is 0 Å². The molecule has 0 saturated carbocycles. The SMILES string of the molecule is C=C1CN=C(NCc2ccoc2)NC1. The first-order valence-corrected chi connectivity index (χ1v) is 4.54. The van der Waals surface area contributed by atoms with Crippen molar-refractivity contribution in [2.24, 2.45) is 4.99 Å². The van der Waals surface area contributed by atoms with Gasteiger partial charge in [0, 0.05) is 18.7 Å². The van der Waals surface area contributed by atoms with E-state index in [1.807, 2.05) is 6.07 Å². The number of rotatable bonds is 2. The Hall–Kier alpha value is -1.71. The molecule has 0 aliphatic carbocycles. The fourth-order valence-electron chi connectivity index (χ4n) is 1.21. The largest absolute Gasteiger partial charge is 0.472 e. The Morgan fingerprint density at radius 1 is 1.64 bits per heavy atom. The van der Waals surface area contributed by atoms with Gasteiger partial charge in [0.1, 0.15) is 0 Å². The van der Waals surface area contributed by atoms with Gasteiger partial charge in [-0.2, -0.15) is 0 Å². The monoisotopic (exact) mass is 191 g/mol. The summed E-state index contributed by atoms with van der Waals surface area (Å²) >= 11 is 0. The molecular weight excluding hydrogens is 178 g/mol. The molecule has 4 nitrogen and oxygen atoms in total. The Balaban J connectivity index is 1.84. The highest BCUT2D eigenvalue weighted by Gasteiger charge is 2.05. The second-order valence-electron chi connectivity index (χ2n) is 3.25. The molecule has 0 aromatic carbocycles. The van der Waals surface area contributed by atoms with Crippen molar-refractivity contribution in [3.8, 4) is 0 Å². The Morgan fingerprint density at radius 3 is 3.21 bits per heavy atom. The first kappa shape index (κ1) is 8.87. The van der Waals surface area contributed by atoms with Crippen LogP contribution in [0.5, 0.6) is 0 Å². The molecule has 0 saturated heterocycles. The normalized spacial score (nSPS) is 16.0. The van der Waals surface area contributed by atoms with Gasteiger partial charge in [0.2, 0.25) is 0 Å². The average Bonchev–Trinajstić information content (AvgIpc) is 2.70. The van der Waals surface area contributed by atoms with Crippen molar-refractivity contribution < 1.29 is 4.42 Å². The van der Waals surface area contributed by atoms with Crippen LogP contribution in [-0.2, 0) is 6.54 Å². The first-order valence-electron chi connectivity index (χ1n) is 4.54. The van der Waals surface area contributed by atoms with Crippen LogP contribution in [0.4, 0.5) is 0 Å². The van der Waals surface area contributed by atoms with Crippen molar-refractivity contribution in [1.82, 2.24) is 10.6 Å². The standard InChI is InChI=1S/C10H13N3O/c1-8-4-11-10(12-5-8)13-6-9-2-3-14-7-9/h2-3,7H,1,4-6H2,(H2,11,12,13). The van der Waals surface area contributed by atoms with E-state index in [2.05, 4.69) is 22.2 Å². The summed E-state index contributed by atoms with van der Waals surface area (Å²) in [4.78, 5) is 4.27. The van der Waals surface area contributed by atoms with Crippen molar-refractivity contribution in [3.63, 3.8) is 0 Å². The fraction of sp³-hybridized carbons (Fsp3) is 0.300. The lowest BCUT2D eigenvalue weighted by Crippen LogP contribution is -2.40. The summed E-state index contributed by atoms with van der Waals surface area (Å²) in [6.45, 7) is 6.09. The minimum atomic E-state index is 0.709. The fourth-order valence-corrected chi connectivity index (χ4v) is 1.21. The van der Waals surface area contributed by atoms with Crippen LogP contribution in [0.2, 0.25) is 0 Å². The highest BCUT2D eigenvalue weighted by Crippen LogP contribution is 1.99. The summed E-state index contributed by atoms with van der Waals surface area (Å²) < 4.78 is 4.96. The maximum atomic E-state index is 4.96. The first-order chi connectivity index (χ1) is 6.84. The maximum Gasteiger partial charge on any atom is 0.192 e. The lowest BCUT2D eigenvalue weighted by molar-refractivity contribution is 0.563. The third kappa shape index (κ3) is 2.16. The molecule has 0 bridgehead atoms. The second kappa shape index (κ2) is 4.00. The van der Waals surface area contributed by atoms with Gasteiger partial charge in [-0.05, 0) is 11.6 Å². The molecule has 14 heavy (non-hydrogen) atoms. The molecule has 0 radical (unpaired) electrons. The van der Waals surface area contributed by atoms with Crippen molar-refractivity contribution >= 4 is 5.96 Å². The van der Waals surface area contributed by atoms with Gasteiger partial charge in [-0.1, -0.05) is 6.58 Å². The van der Waals surface area contributed by atoms with Gasteiger partial charge in [0.05, 0.1) is 19.1 Å². The van der Waals surface area contributed by atoms with Gasteiger partial charge >= 0.3 is 0 Å². The Bertz CT molecular complexity index is 340. The van der Waals surface area contributed by atoms with Crippen molar-refractivity contribution in [2.75, 3.05) is 13.1 Å². The number of hydrogen-bond donors (Lipinski definition) is 2. The van der Waals surface area contributed by atoms with Crippen LogP contribution in [0.25, 0.3) is 0 Å². The smallest absolute Gasteiger partial charge is 0.192 e. The van der Waals surface area contributed by atoms with Crippen molar-refractivity contribution in [3.05, 3.63) is 36.3 Å². The van der Waals surface area contributed by atoms with Gasteiger partial charge < -0.3 is 15.1 Å². The molecule has 1 aromatic heterocycles. The van der Waals surface area contributed by atoms with E-state index >= 15 is 0 Å². The van der Waals surface area contributed by atoms with E-state index in [1.165, 1.54) is 0 Å². The molecule has 2 N–H and O–H groups in total. The van der Waals surface area contributed by atoms with E-state index in [-0.39, 0.29) is 0 Å². The number of nitrogens with zero attached hydrogens (tertiary/aromatic N) is 1. The second-order valence-corrected chi connectivity index (χ2v) is 3.25. The topological polar surface area (TPSA) is 49.6 Å². The van der Waals surface area contributed by atoms with E-state index in [0.29, 0.717) is 6.54 Å². The van der Waals surface area contributed by atoms with Crippen LogP contribution in [0.15, 0.2) is 40.2 Å². The molecule has 74 valence electrons. The summed E-state index contributed by atoms with van der Waals surface area (Å²) in [7, 11) is 0. The minimum Gasteiger partial charge on any atom is -0.472 e. The van der Waals surface area contributed by atoms with E-state index in [1.54, 1.807) is 12.5 Å². The molecule has 4 heteroatoms. The Morgan fingerprint density at radius 2 is 2.57 bits per heavy atom. The Labute approximate surface area is 82.7 Å². The van der Waals surface area contributed by atoms with Gasteiger partial charge in [-0.25, -0.2) is 4.99 Å². The molecule has 0 fully saturated rings.